The van der Waals surface area contributed by atoms with Gasteiger partial charge in [0.05, 0.1) is 19.5 Å². The van der Waals surface area contributed by atoms with Crippen molar-refractivity contribution in [2.45, 2.75) is 12.6 Å². The summed E-state index contributed by atoms with van der Waals surface area (Å²) in [5, 5.41) is 15.5. The molecule has 30 heavy (non-hydrogen) atoms. The van der Waals surface area contributed by atoms with Gasteiger partial charge in [0.15, 0.2) is 0 Å². The smallest absolute Gasteiger partial charge is 0.291 e. The first-order valence-electron chi connectivity index (χ1n) is 8.59. The predicted octanol–water partition coefficient (Wildman–Crippen LogP) is 5.33. The van der Waals surface area contributed by atoms with E-state index in [0.29, 0.717) is 34.8 Å². The molecule has 1 atom stereocenters. The van der Waals surface area contributed by atoms with Gasteiger partial charge in [0.25, 0.3) is 5.09 Å². The highest BCUT2D eigenvalue weighted by Crippen LogP contribution is 2.29. The molecule has 3 rings (SSSR count). The van der Waals surface area contributed by atoms with Crippen LogP contribution in [0.2, 0.25) is 15.1 Å². The third kappa shape index (κ3) is 8.46. The molecule has 0 aliphatic carbocycles. The summed E-state index contributed by atoms with van der Waals surface area (Å²) in [6, 6.07) is 12.6. The molecule has 1 aromatic heterocycles. The molecule has 0 aliphatic rings. The van der Waals surface area contributed by atoms with Gasteiger partial charge >= 0.3 is 0 Å². The number of imidazole rings is 1. The van der Waals surface area contributed by atoms with Crippen LogP contribution in [0.4, 0.5) is 0 Å². The summed E-state index contributed by atoms with van der Waals surface area (Å²) in [4.78, 5) is 12.4. The molecule has 0 radical (unpaired) electrons. The van der Waals surface area contributed by atoms with Crippen molar-refractivity contribution < 1.29 is 19.8 Å². The maximum atomic E-state index is 8.36. The Kier molecular flexibility index (Phi) is 9.69. The normalized spacial score (nSPS) is 11.3. The van der Waals surface area contributed by atoms with Crippen molar-refractivity contribution in [3.63, 3.8) is 0 Å². The fourth-order valence-electron chi connectivity index (χ4n) is 2.47. The van der Waals surface area contributed by atoms with E-state index < -0.39 is 5.09 Å². The van der Waals surface area contributed by atoms with Crippen molar-refractivity contribution in [2.24, 2.45) is 0 Å². The molecule has 8 nitrogen and oxygen atoms in total. The van der Waals surface area contributed by atoms with Crippen LogP contribution in [0.3, 0.4) is 0 Å². The molecular formula is C19H18Cl3N3O5. The molecule has 0 fully saturated rings. The van der Waals surface area contributed by atoms with Crippen LogP contribution in [0.25, 0.3) is 0 Å². The van der Waals surface area contributed by atoms with Gasteiger partial charge < -0.3 is 19.2 Å². The second kappa shape index (κ2) is 12.2. The molecule has 0 aliphatic heterocycles. The van der Waals surface area contributed by atoms with Gasteiger partial charge in [-0.25, -0.2) is 4.98 Å². The van der Waals surface area contributed by atoms with Gasteiger partial charge in [-0.3, -0.25) is 0 Å². The third-order valence-electron chi connectivity index (χ3n) is 3.73. The minimum absolute atomic E-state index is 0.247. The van der Waals surface area contributed by atoms with Gasteiger partial charge in [-0.15, -0.1) is 10.1 Å². The Labute approximate surface area is 187 Å². The van der Waals surface area contributed by atoms with E-state index in [2.05, 4.69) is 4.98 Å². The summed E-state index contributed by atoms with van der Waals surface area (Å²) in [5.74, 6) is 0.744. The largest absolute Gasteiger partial charge is 0.491 e. The van der Waals surface area contributed by atoms with Crippen molar-refractivity contribution in [3.8, 4) is 5.75 Å². The minimum Gasteiger partial charge on any atom is -0.491 e. The topological polar surface area (TPSA) is 99.7 Å². The fourth-order valence-corrected chi connectivity index (χ4v) is 3.13. The second-order valence-electron chi connectivity index (χ2n) is 5.82. The molecular weight excluding hydrogens is 457 g/mol. The van der Waals surface area contributed by atoms with E-state index in [9.17, 15) is 0 Å². The Morgan fingerprint density at radius 3 is 2.37 bits per heavy atom. The molecule has 11 heteroatoms. The maximum absolute atomic E-state index is 8.36. The zero-order valence-corrected chi connectivity index (χ0v) is 17.8. The summed E-state index contributed by atoms with van der Waals surface area (Å²) in [6.45, 7) is 1.40. The number of halogens is 3. The van der Waals surface area contributed by atoms with E-state index in [1.807, 2.05) is 29.0 Å². The summed E-state index contributed by atoms with van der Waals surface area (Å²) in [7, 11) is 0. The molecule has 1 unspecified atom stereocenters. The van der Waals surface area contributed by atoms with Crippen LogP contribution in [-0.2, 0) is 11.3 Å². The van der Waals surface area contributed by atoms with Crippen molar-refractivity contribution in [1.29, 1.82) is 0 Å². The fraction of sp³-hybridized carbons (Fsp3) is 0.211. The van der Waals surface area contributed by atoms with Crippen molar-refractivity contribution in [3.05, 3.63) is 91.9 Å². The average molecular weight is 475 g/mol. The number of aromatic nitrogens is 2. The number of hydrogen-bond acceptors (Lipinski definition) is 5. The summed E-state index contributed by atoms with van der Waals surface area (Å²) in [5.41, 5.74) is 0.872. The molecule has 0 spiro atoms. The standard InChI is InChI=1S/C19H17Cl3N2O2.HNO3/c20-14-1-4-16(5-2-14)25-9-10-26-19(12-24-8-7-23-13-24)17-6-3-15(21)11-18(17)22;2-1(3)4/h1-8,11,13,19H,9-10,12H2;(H,2,3,4). The van der Waals surface area contributed by atoms with E-state index in [1.54, 1.807) is 36.8 Å². The lowest BCUT2D eigenvalue weighted by atomic mass is 10.1. The van der Waals surface area contributed by atoms with Gasteiger partial charge in [0, 0.05) is 33.0 Å². The maximum Gasteiger partial charge on any atom is 0.291 e. The van der Waals surface area contributed by atoms with E-state index in [1.165, 1.54) is 0 Å². The highest BCUT2D eigenvalue weighted by Gasteiger charge is 2.16. The van der Waals surface area contributed by atoms with E-state index in [4.69, 9.17) is 59.6 Å². The van der Waals surface area contributed by atoms with Crippen LogP contribution in [0.1, 0.15) is 11.7 Å². The first kappa shape index (κ1) is 23.8. The first-order valence-corrected chi connectivity index (χ1v) is 9.72. The number of rotatable bonds is 8. The molecule has 0 amide bonds. The van der Waals surface area contributed by atoms with Gasteiger partial charge in [-0.05, 0) is 36.4 Å². The van der Waals surface area contributed by atoms with Crippen LogP contribution in [-0.4, -0.2) is 33.1 Å². The van der Waals surface area contributed by atoms with Crippen LogP contribution in [0.5, 0.6) is 5.75 Å². The van der Waals surface area contributed by atoms with Gasteiger partial charge in [0.1, 0.15) is 18.5 Å². The lowest BCUT2D eigenvalue weighted by Gasteiger charge is -2.20. The second-order valence-corrected chi connectivity index (χ2v) is 7.11. The SMILES string of the molecule is Clc1ccc(OCCOC(Cn2ccnc2)c2ccc(Cl)cc2Cl)cc1.O=[N+]([O-])O. The molecule has 160 valence electrons. The number of ether oxygens (including phenoxy) is 2. The lowest BCUT2D eigenvalue weighted by Crippen LogP contribution is -2.16. The first-order chi connectivity index (χ1) is 14.3. The van der Waals surface area contributed by atoms with Crippen LogP contribution in [0, 0.1) is 10.1 Å². The zero-order chi connectivity index (χ0) is 21.9. The predicted molar refractivity (Wildman–Crippen MR) is 113 cm³/mol. The zero-order valence-electron chi connectivity index (χ0n) is 15.5. The van der Waals surface area contributed by atoms with Gasteiger partial charge in [0.2, 0.25) is 0 Å². The Morgan fingerprint density at radius 1 is 1.10 bits per heavy atom. The van der Waals surface area contributed by atoms with Gasteiger partial charge in [-0.1, -0.05) is 40.9 Å². The van der Waals surface area contributed by atoms with E-state index >= 15 is 0 Å². The minimum atomic E-state index is -1.50. The van der Waals surface area contributed by atoms with Gasteiger partial charge in [-0.2, -0.15) is 0 Å². The van der Waals surface area contributed by atoms with Crippen molar-refractivity contribution in [1.82, 2.24) is 9.55 Å². The monoisotopic (exact) mass is 473 g/mol. The lowest BCUT2D eigenvalue weighted by molar-refractivity contribution is -0.742. The summed E-state index contributed by atoms with van der Waals surface area (Å²) in [6.07, 6.45) is 5.10. The molecule has 0 saturated heterocycles. The van der Waals surface area contributed by atoms with E-state index in [-0.39, 0.29) is 6.10 Å². The highest BCUT2D eigenvalue weighted by atomic mass is 35.5. The number of hydrogen-bond donors (Lipinski definition) is 1. The van der Waals surface area contributed by atoms with Crippen LogP contribution >= 0.6 is 34.8 Å². The third-order valence-corrected chi connectivity index (χ3v) is 4.54. The van der Waals surface area contributed by atoms with Crippen LogP contribution in [0.15, 0.2) is 61.2 Å². The summed E-state index contributed by atoms with van der Waals surface area (Å²) < 4.78 is 13.7. The Bertz CT molecular complexity index is 920. The molecule has 2 aromatic carbocycles. The molecule has 0 bridgehead atoms. The van der Waals surface area contributed by atoms with Crippen molar-refractivity contribution >= 4 is 34.8 Å². The molecule has 1 heterocycles. The molecule has 3 aromatic rings. The molecule has 1 N–H and O–H groups in total. The molecule has 0 saturated carbocycles. The Hall–Kier alpha value is -2.52. The van der Waals surface area contributed by atoms with Crippen molar-refractivity contribution in [2.75, 3.05) is 13.2 Å². The number of benzene rings is 2. The highest BCUT2D eigenvalue weighted by molar-refractivity contribution is 6.35. The van der Waals surface area contributed by atoms with E-state index in [0.717, 1.165) is 11.3 Å². The average Bonchev–Trinajstić information content (AvgIpc) is 3.19. The quantitative estimate of drug-likeness (QED) is 0.269. The Morgan fingerprint density at radius 2 is 1.77 bits per heavy atom. The number of nitrogens with zero attached hydrogens (tertiary/aromatic N) is 3. The van der Waals surface area contributed by atoms with Crippen LogP contribution < -0.4 is 4.74 Å². The summed E-state index contributed by atoms with van der Waals surface area (Å²) >= 11 is 18.2. The Balaban J connectivity index is 0.000000735.